The van der Waals surface area contributed by atoms with Gasteiger partial charge in [0.1, 0.15) is 0 Å². The van der Waals surface area contributed by atoms with Gasteiger partial charge in [-0.05, 0) is 48.9 Å². The monoisotopic (exact) mass is 258 g/mol. The maximum atomic E-state index is 6.24. The van der Waals surface area contributed by atoms with E-state index in [-0.39, 0.29) is 6.04 Å². The maximum absolute atomic E-state index is 6.24. The normalized spacial score (nSPS) is 19.3. The van der Waals surface area contributed by atoms with Gasteiger partial charge in [-0.2, -0.15) is 0 Å². The molecule has 1 aliphatic carbocycles. The van der Waals surface area contributed by atoms with Crippen molar-refractivity contribution < 1.29 is 0 Å². The van der Waals surface area contributed by atoms with E-state index < -0.39 is 0 Å². The molecule has 2 N–H and O–H groups in total. The van der Waals surface area contributed by atoms with Crippen molar-refractivity contribution in [3.8, 4) is 10.4 Å². The Labute approximate surface area is 112 Å². The molecule has 3 rings (SSSR count). The molecule has 0 saturated carbocycles. The number of fused-ring (bicyclic) bond motifs is 1. The Balaban J connectivity index is 2.05. The summed E-state index contributed by atoms with van der Waals surface area (Å²) in [7, 11) is 0. The Morgan fingerprint density at radius 1 is 1.33 bits per heavy atom. The molecule has 0 radical (unpaired) electrons. The van der Waals surface area contributed by atoms with Gasteiger partial charge >= 0.3 is 0 Å². The van der Waals surface area contributed by atoms with E-state index in [9.17, 15) is 0 Å². The number of benzene rings is 1. The van der Waals surface area contributed by atoms with Gasteiger partial charge in [0, 0.05) is 6.04 Å². The molecule has 1 heterocycles. The maximum Gasteiger partial charge on any atom is 0.0801 e. The molecule has 0 amide bonds. The van der Waals surface area contributed by atoms with Gasteiger partial charge in [0.05, 0.1) is 16.1 Å². The fraction of sp³-hybridized carbons (Fsp3) is 0.400. The Hall–Kier alpha value is -1.19. The Bertz CT molecular complexity index is 559. The third-order valence-electron chi connectivity index (χ3n) is 3.76. The molecule has 1 aromatic heterocycles. The number of hydrogen-bond acceptors (Lipinski definition) is 3. The molecule has 0 spiro atoms. The summed E-state index contributed by atoms with van der Waals surface area (Å²) in [5.74, 6) is 0. The number of rotatable bonds is 1. The quantitative estimate of drug-likeness (QED) is 0.789. The smallest absolute Gasteiger partial charge is 0.0801 e. The van der Waals surface area contributed by atoms with Crippen LogP contribution in [0.15, 0.2) is 23.7 Å². The first-order chi connectivity index (χ1) is 8.75. The Kier molecular flexibility index (Phi) is 3.18. The zero-order chi connectivity index (χ0) is 12.5. The topological polar surface area (TPSA) is 38.9 Å². The van der Waals surface area contributed by atoms with Gasteiger partial charge in [0.2, 0.25) is 0 Å². The number of aromatic nitrogens is 1. The molecular formula is C15H18N2S. The summed E-state index contributed by atoms with van der Waals surface area (Å²) in [4.78, 5) is 5.62. The third kappa shape index (κ3) is 2.08. The van der Waals surface area contributed by atoms with Crippen molar-refractivity contribution in [1.29, 1.82) is 0 Å². The molecule has 2 nitrogen and oxygen atoms in total. The third-order valence-corrected chi connectivity index (χ3v) is 4.74. The molecule has 0 saturated heterocycles. The zero-order valence-corrected chi connectivity index (χ0v) is 11.5. The summed E-state index contributed by atoms with van der Waals surface area (Å²) in [6, 6.07) is 6.96. The van der Waals surface area contributed by atoms with Crippen LogP contribution in [0.4, 0.5) is 0 Å². The molecule has 3 heteroatoms. The van der Waals surface area contributed by atoms with Crippen molar-refractivity contribution in [3.05, 3.63) is 40.5 Å². The lowest BCUT2D eigenvalue weighted by Gasteiger charge is -2.13. The van der Waals surface area contributed by atoms with Crippen LogP contribution in [0.25, 0.3) is 10.4 Å². The van der Waals surface area contributed by atoms with Crippen LogP contribution in [0.5, 0.6) is 0 Å². The second kappa shape index (κ2) is 4.82. The molecule has 18 heavy (non-hydrogen) atoms. The molecule has 0 aliphatic heterocycles. The highest BCUT2D eigenvalue weighted by molar-refractivity contribution is 7.13. The minimum Gasteiger partial charge on any atom is -0.324 e. The summed E-state index contributed by atoms with van der Waals surface area (Å²) < 4.78 is 0. The molecule has 0 fully saturated rings. The first kappa shape index (κ1) is 11.9. The van der Waals surface area contributed by atoms with E-state index in [1.54, 1.807) is 11.3 Å². The van der Waals surface area contributed by atoms with Gasteiger partial charge in [-0.15, -0.1) is 11.3 Å². The SMILES string of the molecule is Cc1ncsc1-c1ccc2c(c1)CCCC[C@H]2N. The number of thiazole rings is 1. The van der Waals surface area contributed by atoms with Crippen LogP contribution in [-0.4, -0.2) is 4.98 Å². The fourth-order valence-corrected chi connectivity index (χ4v) is 3.54. The highest BCUT2D eigenvalue weighted by atomic mass is 32.1. The molecule has 1 atom stereocenters. The van der Waals surface area contributed by atoms with Crippen molar-refractivity contribution >= 4 is 11.3 Å². The van der Waals surface area contributed by atoms with Crippen molar-refractivity contribution in [1.82, 2.24) is 4.98 Å². The largest absolute Gasteiger partial charge is 0.324 e. The average molecular weight is 258 g/mol. The first-order valence-electron chi connectivity index (χ1n) is 6.54. The summed E-state index contributed by atoms with van der Waals surface area (Å²) in [5, 5.41) is 0. The van der Waals surface area contributed by atoms with Crippen molar-refractivity contribution in [3.63, 3.8) is 0 Å². The average Bonchev–Trinajstić information content (AvgIpc) is 2.71. The summed E-state index contributed by atoms with van der Waals surface area (Å²) >= 11 is 1.72. The van der Waals surface area contributed by atoms with Crippen LogP contribution in [0.2, 0.25) is 0 Å². The summed E-state index contributed by atoms with van der Waals surface area (Å²) in [6.07, 6.45) is 4.78. The van der Waals surface area contributed by atoms with E-state index in [1.807, 2.05) is 5.51 Å². The van der Waals surface area contributed by atoms with Crippen molar-refractivity contribution in [2.75, 3.05) is 0 Å². The van der Waals surface area contributed by atoms with Gasteiger partial charge in [-0.3, -0.25) is 0 Å². The molecule has 94 valence electrons. The van der Waals surface area contributed by atoms with Crippen LogP contribution < -0.4 is 5.73 Å². The van der Waals surface area contributed by atoms with Crippen LogP contribution in [0.3, 0.4) is 0 Å². The van der Waals surface area contributed by atoms with E-state index in [4.69, 9.17) is 5.73 Å². The predicted molar refractivity (Wildman–Crippen MR) is 76.8 cm³/mol. The fourth-order valence-electron chi connectivity index (χ4n) is 2.74. The Morgan fingerprint density at radius 2 is 2.22 bits per heavy atom. The van der Waals surface area contributed by atoms with Gasteiger partial charge in [-0.25, -0.2) is 4.98 Å². The van der Waals surface area contributed by atoms with E-state index in [2.05, 4.69) is 30.1 Å². The number of hydrogen-bond donors (Lipinski definition) is 1. The van der Waals surface area contributed by atoms with Crippen LogP contribution in [0, 0.1) is 6.92 Å². The molecule has 1 aliphatic rings. The summed E-state index contributed by atoms with van der Waals surface area (Å²) in [5.41, 5.74) is 13.4. The minimum atomic E-state index is 0.221. The van der Waals surface area contributed by atoms with E-state index in [0.717, 1.165) is 18.5 Å². The van der Waals surface area contributed by atoms with E-state index in [0.29, 0.717) is 0 Å². The number of nitrogens with two attached hydrogens (primary N) is 1. The zero-order valence-electron chi connectivity index (χ0n) is 10.6. The van der Waals surface area contributed by atoms with Crippen molar-refractivity contribution in [2.45, 2.75) is 38.6 Å². The molecule has 1 aromatic carbocycles. The van der Waals surface area contributed by atoms with Gasteiger partial charge in [0.25, 0.3) is 0 Å². The van der Waals surface area contributed by atoms with E-state index in [1.165, 1.54) is 34.4 Å². The minimum absolute atomic E-state index is 0.221. The summed E-state index contributed by atoms with van der Waals surface area (Å²) in [6.45, 7) is 2.07. The lowest BCUT2D eigenvalue weighted by atomic mass is 9.96. The van der Waals surface area contributed by atoms with E-state index >= 15 is 0 Å². The van der Waals surface area contributed by atoms with Gasteiger partial charge in [-0.1, -0.05) is 18.6 Å². The predicted octanol–water partition coefficient (Wildman–Crippen LogP) is 3.84. The molecule has 2 aromatic rings. The Morgan fingerprint density at radius 3 is 3.00 bits per heavy atom. The van der Waals surface area contributed by atoms with Crippen LogP contribution in [0.1, 0.15) is 42.1 Å². The lowest BCUT2D eigenvalue weighted by Crippen LogP contribution is -2.10. The highest BCUT2D eigenvalue weighted by Crippen LogP contribution is 2.33. The molecule has 0 unspecified atom stereocenters. The van der Waals surface area contributed by atoms with Gasteiger partial charge in [0.15, 0.2) is 0 Å². The standard InChI is InChI=1S/C15H18N2S/c1-10-15(18-9-17-10)12-6-7-13-11(8-12)4-2-3-5-14(13)16/h6-9,14H,2-5,16H2,1H3/t14-/m1/s1. The van der Waals surface area contributed by atoms with Crippen LogP contribution >= 0.6 is 11.3 Å². The highest BCUT2D eigenvalue weighted by Gasteiger charge is 2.16. The first-order valence-corrected chi connectivity index (χ1v) is 7.42. The second-order valence-corrected chi connectivity index (χ2v) is 5.89. The molecule has 0 bridgehead atoms. The van der Waals surface area contributed by atoms with Gasteiger partial charge < -0.3 is 5.73 Å². The molecular weight excluding hydrogens is 240 g/mol. The lowest BCUT2D eigenvalue weighted by molar-refractivity contribution is 0.615. The van der Waals surface area contributed by atoms with Crippen molar-refractivity contribution in [2.24, 2.45) is 5.73 Å². The number of aryl methyl sites for hydroxylation is 2. The second-order valence-electron chi connectivity index (χ2n) is 5.03. The number of nitrogens with zero attached hydrogens (tertiary/aromatic N) is 1. The van der Waals surface area contributed by atoms with Crippen LogP contribution in [-0.2, 0) is 6.42 Å².